The van der Waals surface area contributed by atoms with Crippen LogP contribution < -0.4 is 5.32 Å². The number of pyridine rings is 1. The fraction of sp³-hybridized carbons (Fsp3) is 0.261. The van der Waals surface area contributed by atoms with Gasteiger partial charge in [-0.3, -0.25) is 9.69 Å². The average Bonchev–Trinajstić information content (AvgIpc) is 3.46. The van der Waals surface area contributed by atoms with Crippen LogP contribution in [0.2, 0.25) is 0 Å². The number of nitrogens with one attached hydrogen (secondary N) is 1. The molecule has 3 aromatic heterocycles. The summed E-state index contributed by atoms with van der Waals surface area (Å²) in [5, 5.41) is 2.80. The van der Waals surface area contributed by atoms with Crippen LogP contribution in [-0.2, 0) is 0 Å². The maximum atomic E-state index is 14.7. The van der Waals surface area contributed by atoms with Gasteiger partial charge in [-0.05, 0) is 63.2 Å². The predicted molar refractivity (Wildman–Crippen MR) is 120 cm³/mol. The Morgan fingerprint density at radius 2 is 2.13 bits per heavy atom. The molecule has 5 rings (SSSR count). The van der Waals surface area contributed by atoms with Crippen molar-refractivity contribution < 1.29 is 9.18 Å². The second-order valence-electron chi connectivity index (χ2n) is 7.90. The third-order valence-corrected chi connectivity index (χ3v) is 6.79. The number of anilines is 1. The third kappa shape index (κ3) is 3.73. The second-order valence-corrected chi connectivity index (χ2v) is 8.76. The standard InChI is InChI=1S/C23H22FN5OS/c1-14-22(31-13-25-14)15-5-7-17(18(24)10-15)23(30)26-16-6-8-21-27-19(12-29(21)11-16)20-4-3-9-28(20)2/h5-8,10-13,20H,3-4,9H2,1-2H3,(H,26,30)/t20-/m1/s1. The molecule has 158 valence electrons. The highest BCUT2D eigenvalue weighted by molar-refractivity contribution is 7.13. The first-order chi connectivity index (χ1) is 15.0. The van der Waals surface area contributed by atoms with Crippen molar-refractivity contribution in [3.63, 3.8) is 0 Å². The number of nitrogens with zero attached hydrogens (tertiary/aromatic N) is 4. The van der Waals surface area contributed by atoms with Gasteiger partial charge in [-0.2, -0.15) is 0 Å². The molecule has 0 saturated carbocycles. The molecule has 1 saturated heterocycles. The van der Waals surface area contributed by atoms with Crippen LogP contribution in [-0.4, -0.2) is 38.8 Å². The summed E-state index contributed by atoms with van der Waals surface area (Å²) in [7, 11) is 2.11. The predicted octanol–water partition coefficient (Wildman–Crippen LogP) is 4.92. The number of imidazole rings is 1. The fourth-order valence-electron chi connectivity index (χ4n) is 4.15. The molecule has 0 radical (unpaired) electrons. The van der Waals surface area contributed by atoms with Gasteiger partial charge in [0.05, 0.1) is 39.1 Å². The quantitative estimate of drug-likeness (QED) is 0.494. The number of fused-ring (bicyclic) bond motifs is 1. The number of aryl methyl sites for hydroxylation is 1. The number of aromatic nitrogens is 3. The number of carbonyl (C=O) groups is 1. The number of rotatable bonds is 4. The average molecular weight is 436 g/mol. The topological polar surface area (TPSA) is 62.5 Å². The number of hydrogen-bond donors (Lipinski definition) is 1. The minimum atomic E-state index is -0.557. The van der Waals surface area contributed by atoms with E-state index >= 15 is 0 Å². The van der Waals surface area contributed by atoms with Crippen molar-refractivity contribution in [1.82, 2.24) is 19.3 Å². The highest BCUT2D eigenvalue weighted by Crippen LogP contribution is 2.31. The van der Waals surface area contributed by atoms with Crippen LogP contribution in [0.5, 0.6) is 0 Å². The molecule has 0 aliphatic carbocycles. The number of hydrogen-bond acceptors (Lipinski definition) is 5. The minimum Gasteiger partial charge on any atom is -0.321 e. The summed E-state index contributed by atoms with van der Waals surface area (Å²) in [6.45, 7) is 2.96. The molecule has 1 N–H and O–H groups in total. The molecule has 31 heavy (non-hydrogen) atoms. The van der Waals surface area contributed by atoms with Gasteiger partial charge in [0.1, 0.15) is 11.5 Å². The van der Waals surface area contributed by atoms with Crippen LogP contribution in [0.4, 0.5) is 10.1 Å². The van der Waals surface area contributed by atoms with Gasteiger partial charge in [0.25, 0.3) is 5.91 Å². The number of thiazole rings is 1. The summed E-state index contributed by atoms with van der Waals surface area (Å²) in [4.78, 5) is 24.8. The first-order valence-corrected chi connectivity index (χ1v) is 11.1. The van der Waals surface area contributed by atoms with Crippen molar-refractivity contribution in [2.45, 2.75) is 25.8 Å². The van der Waals surface area contributed by atoms with Crippen LogP contribution in [0, 0.1) is 12.7 Å². The lowest BCUT2D eigenvalue weighted by Gasteiger charge is -2.16. The van der Waals surface area contributed by atoms with Gasteiger partial charge < -0.3 is 9.72 Å². The van der Waals surface area contributed by atoms with Gasteiger partial charge in [0.2, 0.25) is 0 Å². The van der Waals surface area contributed by atoms with E-state index in [1.165, 1.54) is 29.9 Å². The summed E-state index contributed by atoms with van der Waals surface area (Å²) < 4.78 is 16.6. The van der Waals surface area contributed by atoms with E-state index in [0.29, 0.717) is 11.7 Å². The van der Waals surface area contributed by atoms with Crippen molar-refractivity contribution >= 4 is 28.6 Å². The van der Waals surface area contributed by atoms with Crippen molar-refractivity contribution in [1.29, 1.82) is 0 Å². The van der Waals surface area contributed by atoms with E-state index in [-0.39, 0.29) is 5.56 Å². The molecule has 1 amide bonds. The second kappa shape index (κ2) is 7.86. The highest BCUT2D eigenvalue weighted by atomic mass is 32.1. The Hall–Kier alpha value is -3.10. The molecular weight excluding hydrogens is 413 g/mol. The molecule has 4 aromatic rings. The molecule has 4 heterocycles. The first-order valence-electron chi connectivity index (χ1n) is 10.2. The molecule has 1 atom stereocenters. The molecule has 0 bridgehead atoms. The molecule has 1 aliphatic rings. The van der Waals surface area contributed by atoms with Crippen LogP contribution in [0.3, 0.4) is 0 Å². The number of benzene rings is 1. The molecule has 6 nitrogen and oxygen atoms in total. The van der Waals surface area contributed by atoms with Crippen LogP contribution in [0.1, 0.15) is 40.6 Å². The zero-order valence-electron chi connectivity index (χ0n) is 17.3. The van der Waals surface area contributed by atoms with Crippen molar-refractivity contribution in [2.24, 2.45) is 0 Å². The maximum absolute atomic E-state index is 14.7. The molecule has 1 fully saturated rings. The van der Waals surface area contributed by atoms with E-state index in [1.54, 1.807) is 17.6 Å². The summed E-state index contributed by atoms with van der Waals surface area (Å²) in [5.41, 5.74) is 5.74. The largest absolute Gasteiger partial charge is 0.321 e. The lowest BCUT2D eigenvalue weighted by Crippen LogP contribution is -2.17. The summed E-state index contributed by atoms with van der Waals surface area (Å²) in [5.74, 6) is -1.04. The summed E-state index contributed by atoms with van der Waals surface area (Å²) >= 11 is 1.45. The molecule has 1 aliphatic heterocycles. The van der Waals surface area contributed by atoms with E-state index in [9.17, 15) is 9.18 Å². The lowest BCUT2D eigenvalue weighted by atomic mass is 10.1. The molecule has 8 heteroatoms. The molecular formula is C23H22FN5OS. The van der Waals surface area contributed by atoms with Gasteiger partial charge in [-0.25, -0.2) is 14.4 Å². The van der Waals surface area contributed by atoms with E-state index < -0.39 is 11.7 Å². The van der Waals surface area contributed by atoms with Crippen molar-refractivity contribution in [3.05, 3.63) is 71.0 Å². The van der Waals surface area contributed by atoms with Gasteiger partial charge in [0.15, 0.2) is 0 Å². The Labute approximate surface area is 183 Å². The van der Waals surface area contributed by atoms with Crippen molar-refractivity contribution in [2.75, 3.05) is 18.9 Å². The number of carbonyl (C=O) groups excluding carboxylic acids is 1. The Balaban J connectivity index is 1.37. The van der Waals surface area contributed by atoms with Gasteiger partial charge in [-0.15, -0.1) is 11.3 Å². The lowest BCUT2D eigenvalue weighted by molar-refractivity contribution is 0.102. The van der Waals surface area contributed by atoms with E-state index in [0.717, 1.165) is 40.4 Å². The highest BCUT2D eigenvalue weighted by Gasteiger charge is 2.25. The third-order valence-electron chi connectivity index (χ3n) is 5.81. The van der Waals surface area contributed by atoms with Crippen LogP contribution in [0.15, 0.2) is 48.2 Å². The summed E-state index contributed by atoms with van der Waals surface area (Å²) in [6.07, 6.45) is 6.08. The van der Waals surface area contributed by atoms with E-state index in [4.69, 9.17) is 4.98 Å². The molecule has 0 unspecified atom stereocenters. The van der Waals surface area contributed by atoms with Gasteiger partial charge in [-0.1, -0.05) is 6.07 Å². The number of likely N-dealkylation sites (tertiary alicyclic amines) is 1. The smallest absolute Gasteiger partial charge is 0.258 e. The van der Waals surface area contributed by atoms with Crippen LogP contribution >= 0.6 is 11.3 Å². The SMILES string of the molecule is Cc1ncsc1-c1ccc(C(=O)Nc2ccc3nc([C@H]4CCCN4C)cn3c2)c(F)c1. The molecule has 0 spiro atoms. The van der Waals surface area contributed by atoms with Gasteiger partial charge >= 0.3 is 0 Å². The normalized spacial score (nSPS) is 16.8. The number of halogens is 1. The Morgan fingerprint density at radius 1 is 1.26 bits per heavy atom. The Bertz CT molecular complexity index is 1280. The van der Waals surface area contributed by atoms with E-state index in [2.05, 4.69) is 22.2 Å². The fourth-order valence-corrected chi connectivity index (χ4v) is 4.95. The Kier molecular flexibility index (Phi) is 5.03. The maximum Gasteiger partial charge on any atom is 0.258 e. The van der Waals surface area contributed by atoms with E-state index in [1.807, 2.05) is 29.8 Å². The monoisotopic (exact) mass is 435 g/mol. The summed E-state index contributed by atoms with van der Waals surface area (Å²) in [6, 6.07) is 8.63. The Morgan fingerprint density at radius 3 is 2.84 bits per heavy atom. The molecule has 1 aromatic carbocycles. The minimum absolute atomic E-state index is 0.00455. The van der Waals surface area contributed by atoms with Crippen LogP contribution in [0.25, 0.3) is 16.1 Å². The van der Waals surface area contributed by atoms with Gasteiger partial charge in [0, 0.05) is 12.4 Å². The van der Waals surface area contributed by atoms with Crippen molar-refractivity contribution in [3.8, 4) is 10.4 Å². The zero-order valence-corrected chi connectivity index (χ0v) is 18.1. The zero-order chi connectivity index (χ0) is 21.5. The number of amides is 1. The first kappa shape index (κ1) is 19.8.